The lowest BCUT2D eigenvalue weighted by atomic mass is 10.3. The van der Waals surface area contributed by atoms with E-state index in [1.165, 1.54) is 0 Å². The van der Waals surface area contributed by atoms with Crippen molar-refractivity contribution in [1.82, 2.24) is 4.98 Å². The minimum Gasteiger partial charge on any atom is -0.462 e. The van der Waals surface area contributed by atoms with E-state index in [1.807, 2.05) is 0 Å². The van der Waals surface area contributed by atoms with Crippen molar-refractivity contribution < 1.29 is 19.1 Å². The molecule has 0 aliphatic rings. The SMILES string of the molecule is O=C(CCCCl)OCCOC(=O)c1ccc[nH]1. The molecule has 1 N–H and O–H groups in total. The van der Waals surface area contributed by atoms with Gasteiger partial charge in [0.25, 0.3) is 0 Å². The molecule has 0 aliphatic carbocycles. The zero-order valence-corrected chi connectivity index (χ0v) is 10.0. The number of aromatic amines is 1. The van der Waals surface area contributed by atoms with Gasteiger partial charge < -0.3 is 14.5 Å². The summed E-state index contributed by atoms with van der Waals surface area (Å²) in [6.45, 7) is 0.109. The predicted molar refractivity (Wildman–Crippen MR) is 62.0 cm³/mol. The number of carbonyl (C=O) groups is 2. The van der Waals surface area contributed by atoms with Gasteiger partial charge in [-0.05, 0) is 18.6 Å². The van der Waals surface area contributed by atoms with Crippen LogP contribution in [0.25, 0.3) is 0 Å². The average molecular weight is 260 g/mol. The molecular formula is C11H14ClNO4. The minimum atomic E-state index is -0.466. The maximum atomic E-state index is 11.3. The molecule has 1 heterocycles. The van der Waals surface area contributed by atoms with Gasteiger partial charge >= 0.3 is 11.9 Å². The quantitative estimate of drug-likeness (QED) is 0.460. The third kappa shape index (κ3) is 5.40. The number of esters is 2. The second-order valence-electron chi connectivity index (χ2n) is 3.23. The molecule has 94 valence electrons. The fourth-order valence-corrected chi connectivity index (χ4v) is 1.24. The van der Waals surface area contributed by atoms with E-state index in [1.54, 1.807) is 18.3 Å². The number of aromatic nitrogens is 1. The highest BCUT2D eigenvalue weighted by molar-refractivity contribution is 6.17. The molecule has 1 rings (SSSR count). The molecule has 0 aromatic carbocycles. The van der Waals surface area contributed by atoms with E-state index in [0.717, 1.165) is 0 Å². The Hall–Kier alpha value is -1.49. The number of hydrogen-bond acceptors (Lipinski definition) is 4. The lowest BCUT2D eigenvalue weighted by molar-refractivity contribution is -0.144. The number of rotatable bonds is 7. The van der Waals surface area contributed by atoms with Crippen LogP contribution in [0.3, 0.4) is 0 Å². The summed E-state index contributed by atoms with van der Waals surface area (Å²) in [5.74, 6) is -0.370. The molecule has 0 radical (unpaired) electrons. The summed E-state index contributed by atoms with van der Waals surface area (Å²) in [7, 11) is 0. The molecule has 5 nitrogen and oxygen atoms in total. The highest BCUT2D eigenvalue weighted by Crippen LogP contribution is 1.98. The maximum absolute atomic E-state index is 11.3. The summed E-state index contributed by atoms with van der Waals surface area (Å²) in [6, 6.07) is 3.30. The largest absolute Gasteiger partial charge is 0.462 e. The van der Waals surface area contributed by atoms with Crippen molar-refractivity contribution in [2.45, 2.75) is 12.8 Å². The first-order valence-corrected chi connectivity index (χ1v) is 5.79. The summed E-state index contributed by atoms with van der Waals surface area (Å²) in [5.41, 5.74) is 0.374. The Morgan fingerprint density at radius 1 is 1.29 bits per heavy atom. The number of hydrogen-bond donors (Lipinski definition) is 1. The summed E-state index contributed by atoms with van der Waals surface area (Å²) in [6.07, 6.45) is 2.50. The Kier molecular flexibility index (Phi) is 6.17. The molecule has 0 fully saturated rings. The van der Waals surface area contributed by atoms with Gasteiger partial charge in [0.05, 0.1) is 0 Å². The molecule has 0 atom stereocenters. The van der Waals surface area contributed by atoms with Gasteiger partial charge in [-0.2, -0.15) is 0 Å². The molecule has 1 aromatic rings. The molecule has 17 heavy (non-hydrogen) atoms. The molecule has 0 unspecified atom stereocenters. The predicted octanol–water partition coefficient (Wildman–Crippen LogP) is 1.73. The van der Waals surface area contributed by atoms with Crippen molar-refractivity contribution in [3.63, 3.8) is 0 Å². The molecule has 0 saturated carbocycles. The van der Waals surface area contributed by atoms with Gasteiger partial charge in [-0.15, -0.1) is 11.6 Å². The first-order valence-electron chi connectivity index (χ1n) is 5.26. The third-order valence-corrected chi connectivity index (χ3v) is 2.18. The number of halogens is 1. The molecular weight excluding hydrogens is 246 g/mol. The van der Waals surface area contributed by atoms with Gasteiger partial charge in [0, 0.05) is 18.5 Å². The monoisotopic (exact) mass is 259 g/mol. The number of carbonyl (C=O) groups excluding carboxylic acids is 2. The van der Waals surface area contributed by atoms with Gasteiger partial charge in [0.15, 0.2) is 0 Å². The van der Waals surface area contributed by atoms with Gasteiger partial charge in [-0.1, -0.05) is 0 Å². The number of alkyl halides is 1. The molecule has 0 bridgehead atoms. The first kappa shape index (κ1) is 13.6. The van der Waals surface area contributed by atoms with E-state index < -0.39 is 5.97 Å². The molecule has 0 spiro atoms. The molecule has 0 amide bonds. The van der Waals surface area contributed by atoms with E-state index in [2.05, 4.69) is 4.98 Å². The summed E-state index contributed by atoms with van der Waals surface area (Å²) in [5, 5.41) is 0. The van der Waals surface area contributed by atoms with E-state index in [-0.39, 0.29) is 25.6 Å². The molecule has 6 heteroatoms. The van der Waals surface area contributed by atoms with Crippen molar-refractivity contribution in [3.05, 3.63) is 24.0 Å². The topological polar surface area (TPSA) is 68.4 Å². The standard InChI is InChI=1S/C11H14ClNO4/c12-5-1-4-10(14)16-7-8-17-11(15)9-3-2-6-13-9/h2-3,6,13H,1,4-5,7-8H2. The fraction of sp³-hybridized carbons (Fsp3) is 0.455. The number of H-pyrrole nitrogens is 1. The Morgan fingerprint density at radius 2 is 2.06 bits per heavy atom. The smallest absolute Gasteiger partial charge is 0.354 e. The van der Waals surface area contributed by atoms with Gasteiger partial charge in [0.1, 0.15) is 18.9 Å². The Balaban J connectivity index is 2.08. The van der Waals surface area contributed by atoms with Crippen LogP contribution in [0.1, 0.15) is 23.3 Å². The van der Waals surface area contributed by atoms with Crippen LogP contribution in [0.15, 0.2) is 18.3 Å². The van der Waals surface area contributed by atoms with Gasteiger partial charge in [0.2, 0.25) is 0 Å². The molecule has 0 aliphatic heterocycles. The third-order valence-electron chi connectivity index (χ3n) is 1.91. The highest BCUT2D eigenvalue weighted by atomic mass is 35.5. The maximum Gasteiger partial charge on any atom is 0.354 e. The van der Waals surface area contributed by atoms with E-state index in [4.69, 9.17) is 21.1 Å². The van der Waals surface area contributed by atoms with Crippen LogP contribution < -0.4 is 0 Å². The van der Waals surface area contributed by atoms with E-state index in [0.29, 0.717) is 18.0 Å². The number of ether oxygens (including phenoxy) is 2. The van der Waals surface area contributed by atoms with Crippen LogP contribution in [-0.4, -0.2) is 36.0 Å². The van der Waals surface area contributed by atoms with Gasteiger partial charge in [-0.3, -0.25) is 4.79 Å². The lowest BCUT2D eigenvalue weighted by Gasteiger charge is -2.05. The Morgan fingerprint density at radius 3 is 2.71 bits per heavy atom. The summed E-state index contributed by atoms with van der Waals surface area (Å²) in [4.78, 5) is 25.1. The first-order chi connectivity index (χ1) is 8.24. The lowest BCUT2D eigenvalue weighted by Crippen LogP contribution is -2.14. The van der Waals surface area contributed by atoms with E-state index in [9.17, 15) is 9.59 Å². The average Bonchev–Trinajstić information content (AvgIpc) is 2.85. The van der Waals surface area contributed by atoms with Crippen LogP contribution in [0.5, 0.6) is 0 Å². The van der Waals surface area contributed by atoms with Crippen LogP contribution >= 0.6 is 11.6 Å². The molecule has 1 aromatic heterocycles. The van der Waals surface area contributed by atoms with Crippen molar-refractivity contribution in [1.29, 1.82) is 0 Å². The van der Waals surface area contributed by atoms with Crippen LogP contribution in [0.2, 0.25) is 0 Å². The Labute approximate surface area is 104 Å². The normalized spacial score (nSPS) is 9.94. The zero-order valence-electron chi connectivity index (χ0n) is 9.28. The second-order valence-corrected chi connectivity index (χ2v) is 3.61. The van der Waals surface area contributed by atoms with Crippen molar-refractivity contribution in [2.75, 3.05) is 19.1 Å². The highest BCUT2D eigenvalue weighted by Gasteiger charge is 2.07. The van der Waals surface area contributed by atoms with Crippen molar-refractivity contribution in [3.8, 4) is 0 Å². The summed E-state index contributed by atoms with van der Waals surface area (Å²) >= 11 is 5.42. The number of nitrogens with one attached hydrogen (secondary N) is 1. The van der Waals surface area contributed by atoms with Crippen LogP contribution in [0.4, 0.5) is 0 Å². The Bertz CT molecular complexity index is 350. The van der Waals surface area contributed by atoms with Crippen LogP contribution in [0, 0.1) is 0 Å². The summed E-state index contributed by atoms with van der Waals surface area (Å²) < 4.78 is 9.69. The van der Waals surface area contributed by atoms with Crippen molar-refractivity contribution >= 4 is 23.5 Å². The minimum absolute atomic E-state index is 0.0461. The zero-order chi connectivity index (χ0) is 12.5. The van der Waals surface area contributed by atoms with Crippen LogP contribution in [-0.2, 0) is 14.3 Å². The second kappa shape index (κ2) is 7.73. The van der Waals surface area contributed by atoms with E-state index >= 15 is 0 Å². The van der Waals surface area contributed by atoms with Gasteiger partial charge in [-0.25, -0.2) is 4.79 Å². The molecule has 0 saturated heterocycles. The van der Waals surface area contributed by atoms with Crippen molar-refractivity contribution in [2.24, 2.45) is 0 Å². The fourth-order valence-electron chi connectivity index (χ4n) is 1.11.